The molecule has 2 aliphatic rings. The van der Waals surface area contributed by atoms with E-state index in [2.05, 4.69) is 33.7 Å². The second kappa shape index (κ2) is 6.75. The lowest BCUT2D eigenvalue weighted by Gasteiger charge is -2.35. The third kappa shape index (κ3) is 2.83. The first-order valence-corrected chi connectivity index (χ1v) is 9.82. The minimum absolute atomic E-state index is 0.0428. The highest BCUT2D eigenvalue weighted by Crippen LogP contribution is 2.49. The molecule has 140 valence electrons. The molecule has 5 heteroatoms. The van der Waals surface area contributed by atoms with E-state index < -0.39 is 0 Å². The summed E-state index contributed by atoms with van der Waals surface area (Å²) in [6.07, 6.45) is 7.09. The third-order valence-electron chi connectivity index (χ3n) is 6.00. The number of nitrogens with zero attached hydrogens (tertiary/aromatic N) is 2. The Balaban J connectivity index is 1.56. The molecule has 0 bridgehead atoms. The van der Waals surface area contributed by atoms with E-state index >= 15 is 0 Å². The van der Waals surface area contributed by atoms with Crippen molar-refractivity contribution in [1.29, 1.82) is 0 Å². The lowest BCUT2D eigenvalue weighted by molar-refractivity contribution is 0.427. The minimum Gasteiger partial charge on any atom is -0.291 e. The van der Waals surface area contributed by atoms with Crippen molar-refractivity contribution < 1.29 is 0 Å². The number of aromatic amines is 1. The summed E-state index contributed by atoms with van der Waals surface area (Å²) in [7, 11) is 0. The quantitative estimate of drug-likeness (QED) is 0.535. The maximum Gasteiger partial charge on any atom is 0.256 e. The molecule has 0 saturated heterocycles. The van der Waals surface area contributed by atoms with Gasteiger partial charge in [-0.2, -0.15) is 5.10 Å². The number of aromatic nitrogens is 2. The molecule has 2 aliphatic carbocycles. The molecule has 1 heterocycles. The van der Waals surface area contributed by atoms with Gasteiger partial charge in [0.25, 0.3) is 5.56 Å². The van der Waals surface area contributed by atoms with Crippen molar-refractivity contribution in [2.45, 2.75) is 37.5 Å². The summed E-state index contributed by atoms with van der Waals surface area (Å²) in [5.74, 6) is 0.376. The highest BCUT2D eigenvalue weighted by Gasteiger charge is 2.43. The van der Waals surface area contributed by atoms with E-state index in [0.717, 1.165) is 41.6 Å². The Morgan fingerprint density at radius 1 is 1.04 bits per heavy atom. The van der Waals surface area contributed by atoms with Gasteiger partial charge in [0.05, 0.1) is 17.5 Å². The van der Waals surface area contributed by atoms with Gasteiger partial charge in [0.1, 0.15) is 0 Å². The van der Waals surface area contributed by atoms with Crippen LogP contribution in [0, 0.1) is 0 Å². The van der Waals surface area contributed by atoms with E-state index in [-0.39, 0.29) is 11.0 Å². The Labute approximate surface area is 163 Å². The van der Waals surface area contributed by atoms with Gasteiger partial charge < -0.3 is 0 Å². The number of rotatable bonds is 3. The third-order valence-corrected chi connectivity index (χ3v) is 6.00. The van der Waals surface area contributed by atoms with Gasteiger partial charge in [-0.25, -0.2) is 10.4 Å². The van der Waals surface area contributed by atoms with Gasteiger partial charge >= 0.3 is 0 Å². The maximum atomic E-state index is 13.1. The first-order valence-electron chi connectivity index (χ1n) is 9.82. The minimum atomic E-state index is -0.0733. The van der Waals surface area contributed by atoms with Crippen LogP contribution < -0.4 is 11.0 Å². The Morgan fingerprint density at radius 3 is 2.61 bits per heavy atom. The first-order chi connectivity index (χ1) is 13.8. The van der Waals surface area contributed by atoms with Crippen LogP contribution in [0.3, 0.4) is 0 Å². The number of anilines is 1. The molecule has 5 nitrogen and oxygen atoms in total. The van der Waals surface area contributed by atoms with Gasteiger partial charge in [-0.1, -0.05) is 67.4 Å². The summed E-state index contributed by atoms with van der Waals surface area (Å²) in [5, 5.41) is 4.24. The zero-order chi connectivity index (χ0) is 19.0. The molecule has 5 rings (SSSR count). The summed E-state index contributed by atoms with van der Waals surface area (Å²) >= 11 is 0. The van der Waals surface area contributed by atoms with Crippen molar-refractivity contribution in [2.24, 2.45) is 5.10 Å². The predicted molar refractivity (Wildman–Crippen MR) is 112 cm³/mol. The summed E-state index contributed by atoms with van der Waals surface area (Å²) in [6.45, 7) is 0. The summed E-state index contributed by atoms with van der Waals surface area (Å²) in [4.78, 5) is 20.8. The van der Waals surface area contributed by atoms with E-state index in [1.807, 2.05) is 36.4 Å². The molecule has 1 saturated carbocycles. The number of hydrogen-bond acceptors (Lipinski definition) is 4. The van der Waals surface area contributed by atoms with Crippen LogP contribution in [0.1, 0.15) is 42.4 Å². The zero-order valence-corrected chi connectivity index (χ0v) is 15.6. The highest BCUT2D eigenvalue weighted by molar-refractivity contribution is 5.80. The lowest BCUT2D eigenvalue weighted by Crippen LogP contribution is -2.37. The van der Waals surface area contributed by atoms with Crippen LogP contribution >= 0.6 is 0 Å². The summed E-state index contributed by atoms with van der Waals surface area (Å²) < 4.78 is 0. The Kier molecular flexibility index (Phi) is 4.08. The van der Waals surface area contributed by atoms with E-state index in [0.29, 0.717) is 5.95 Å². The fourth-order valence-electron chi connectivity index (χ4n) is 4.76. The molecule has 0 aliphatic heterocycles. The Hall–Kier alpha value is -3.21. The number of hydrogen-bond donors (Lipinski definition) is 2. The van der Waals surface area contributed by atoms with Crippen molar-refractivity contribution in [2.75, 3.05) is 5.43 Å². The lowest BCUT2D eigenvalue weighted by atomic mass is 9.68. The van der Waals surface area contributed by atoms with Crippen LogP contribution in [-0.4, -0.2) is 16.2 Å². The fraction of sp³-hybridized carbons (Fsp3) is 0.261. The van der Waals surface area contributed by atoms with Crippen LogP contribution in [-0.2, 0) is 11.8 Å². The number of fused-ring (bicyclic) bond motifs is 4. The maximum absolute atomic E-state index is 13.1. The molecule has 28 heavy (non-hydrogen) atoms. The van der Waals surface area contributed by atoms with E-state index in [1.54, 1.807) is 6.21 Å². The monoisotopic (exact) mass is 370 g/mol. The second-order valence-electron chi connectivity index (χ2n) is 7.74. The van der Waals surface area contributed by atoms with Crippen LogP contribution in [0.5, 0.6) is 0 Å². The predicted octanol–water partition coefficient (Wildman–Crippen LogP) is 4.25. The van der Waals surface area contributed by atoms with Crippen LogP contribution in [0.2, 0.25) is 0 Å². The molecule has 1 spiro atoms. The Bertz CT molecular complexity index is 1100. The molecule has 1 fully saturated rings. The van der Waals surface area contributed by atoms with Crippen molar-refractivity contribution in [3.63, 3.8) is 0 Å². The van der Waals surface area contributed by atoms with Crippen molar-refractivity contribution >= 4 is 12.2 Å². The van der Waals surface area contributed by atoms with E-state index in [4.69, 9.17) is 4.98 Å². The van der Waals surface area contributed by atoms with Crippen molar-refractivity contribution in [1.82, 2.24) is 9.97 Å². The van der Waals surface area contributed by atoms with Gasteiger partial charge in [-0.05, 0) is 30.4 Å². The van der Waals surface area contributed by atoms with Crippen LogP contribution in [0.25, 0.3) is 11.3 Å². The van der Waals surface area contributed by atoms with Gasteiger partial charge in [-0.3, -0.25) is 9.78 Å². The summed E-state index contributed by atoms with van der Waals surface area (Å²) in [5.41, 5.74) is 7.78. The van der Waals surface area contributed by atoms with Gasteiger partial charge in [-0.15, -0.1) is 0 Å². The molecule has 1 aromatic heterocycles. The van der Waals surface area contributed by atoms with Crippen molar-refractivity contribution in [3.05, 3.63) is 81.6 Å². The number of hydrazone groups is 1. The molecule has 2 aromatic carbocycles. The first kappa shape index (κ1) is 16.9. The zero-order valence-electron chi connectivity index (χ0n) is 15.6. The molecule has 3 aromatic rings. The van der Waals surface area contributed by atoms with E-state index in [9.17, 15) is 4.79 Å². The molecular formula is C23H22N4O. The molecular weight excluding hydrogens is 348 g/mol. The molecule has 0 radical (unpaired) electrons. The molecule has 0 unspecified atom stereocenters. The molecule has 2 N–H and O–H groups in total. The average molecular weight is 370 g/mol. The molecule has 0 atom stereocenters. The van der Waals surface area contributed by atoms with Crippen LogP contribution in [0.15, 0.2) is 64.5 Å². The normalized spacial score (nSPS) is 16.9. The standard InChI is InChI=1S/C23H22N4O/c28-21-19-20(25-22(26-21)27-24-15-16-8-2-1-3-9-16)18-11-5-4-10-17(18)14-23(19)12-6-7-13-23/h1-5,8-11,15H,6-7,12-14H2,(H2,25,26,27,28)/b24-15-. The van der Waals surface area contributed by atoms with Crippen molar-refractivity contribution in [3.8, 4) is 11.3 Å². The highest BCUT2D eigenvalue weighted by atomic mass is 16.1. The van der Waals surface area contributed by atoms with Gasteiger partial charge in [0.2, 0.25) is 5.95 Å². The topological polar surface area (TPSA) is 70.1 Å². The fourth-order valence-corrected chi connectivity index (χ4v) is 4.76. The molecule has 0 amide bonds. The van der Waals surface area contributed by atoms with Gasteiger partial charge in [0, 0.05) is 11.0 Å². The number of H-pyrrole nitrogens is 1. The SMILES string of the molecule is O=c1[nH]c(N/N=C\c2ccccc2)nc2c1C1(CCCC1)Cc1ccccc1-2. The number of benzene rings is 2. The van der Waals surface area contributed by atoms with E-state index in [1.165, 1.54) is 18.4 Å². The largest absolute Gasteiger partial charge is 0.291 e. The average Bonchev–Trinajstić information content (AvgIpc) is 3.17. The number of nitrogens with one attached hydrogen (secondary N) is 2. The smallest absolute Gasteiger partial charge is 0.256 e. The Morgan fingerprint density at radius 2 is 1.79 bits per heavy atom. The van der Waals surface area contributed by atoms with Gasteiger partial charge in [0.15, 0.2) is 0 Å². The summed E-state index contributed by atoms with van der Waals surface area (Å²) in [6, 6.07) is 18.1. The van der Waals surface area contributed by atoms with Crippen LogP contribution in [0.4, 0.5) is 5.95 Å². The second-order valence-corrected chi connectivity index (χ2v) is 7.74.